The molecule has 116 valence electrons. The van der Waals surface area contributed by atoms with E-state index in [2.05, 4.69) is 10.2 Å². The van der Waals surface area contributed by atoms with E-state index in [4.69, 9.17) is 0 Å². The van der Waals surface area contributed by atoms with E-state index in [0.717, 1.165) is 42.8 Å². The van der Waals surface area contributed by atoms with Gasteiger partial charge in [-0.2, -0.15) is 5.10 Å². The van der Waals surface area contributed by atoms with Gasteiger partial charge >= 0.3 is 0 Å². The lowest BCUT2D eigenvalue weighted by Gasteiger charge is -2.34. The van der Waals surface area contributed by atoms with Crippen LogP contribution >= 0.6 is 0 Å². The first-order valence-electron chi connectivity index (χ1n) is 7.87. The van der Waals surface area contributed by atoms with Gasteiger partial charge in [-0.3, -0.25) is 14.7 Å². The van der Waals surface area contributed by atoms with E-state index in [0.29, 0.717) is 19.3 Å². The van der Waals surface area contributed by atoms with Crippen molar-refractivity contribution in [3.8, 4) is 0 Å². The Morgan fingerprint density at radius 1 is 1.33 bits per heavy atom. The number of H-pyrrole nitrogens is 1. The van der Waals surface area contributed by atoms with Gasteiger partial charge in [0.05, 0.1) is 11.7 Å². The summed E-state index contributed by atoms with van der Waals surface area (Å²) in [6.07, 6.45) is 4.52. The summed E-state index contributed by atoms with van der Waals surface area (Å²) in [5.41, 5.74) is 3.11. The van der Waals surface area contributed by atoms with E-state index in [-0.39, 0.29) is 17.7 Å². The Hall–Kier alpha value is -1.65. The topological polar surface area (TPSA) is 66.1 Å². The van der Waals surface area contributed by atoms with Crippen molar-refractivity contribution >= 4 is 11.7 Å². The Kier molecular flexibility index (Phi) is 5.15. The number of amides is 1. The maximum Gasteiger partial charge on any atom is 0.223 e. The Bertz CT molecular complexity index is 502. The van der Waals surface area contributed by atoms with Crippen molar-refractivity contribution in [1.29, 1.82) is 0 Å². The maximum absolute atomic E-state index is 12.5. The number of hydrogen-bond acceptors (Lipinski definition) is 3. The van der Waals surface area contributed by atoms with Crippen molar-refractivity contribution in [2.24, 2.45) is 0 Å². The largest absolute Gasteiger partial charge is 0.333 e. The fourth-order valence-corrected chi connectivity index (χ4v) is 3.12. The first-order chi connectivity index (χ1) is 10.0. The maximum atomic E-state index is 12.5. The number of ketones is 1. The van der Waals surface area contributed by atoms with Crippen molar-refractivity contribution in [3.63, 3.8) is 0 Å². The monoisotopic (exact) mass is 291 g/mol. The second kappa shape index (κ2) is 6.87. The van der Waals surface area contributed by atoms with Gasteiger partial charge in [0.1, 0.15) is 0 Å². The zero-order chi connectivity index (χ0) is 15.4. The number of nitrogens with one attached hydrogen (secondary N) is 1. The lowest BCUT2D eigenvalue weighted by molar-refractivity contribution is -0.141. The number of aromatic nitrogens is 2. The molecule has 0 unspecified atom stereocenters. The Morgan fingerprint density at radius 3 is 2.71 bits per heavy atom. The van der Waals surface area contributed by atoms with Crippen LogP contribution in [0.25, 0.3) is 0 Å². The number of carbonyl (C=O) groups excluding carboxylic acids is 2. The average molecular weight is 291 g/mol. The predicted octanol–water partition coefficient (Wildman–Crippen LogP) is 2.32. The van der Waals surface area contributed by atoms with Crippen molar-refractivity contribution < 1.29 is 9.59 Å². The van der Waals surface area contributed by atoms with Crippen molar-refractivity contribution in [1.82, 2.24) is 15.1 Å². The summed E-state index contributed by atoms with van der Waals surface area (Å²) in [5.74, 6) is 0.292. The molecule has 1 aliphatic rings. The highest BCUT2D eigenvalue weighted by Gasteiger charge is 2.30. The van der Waals surface area contributed by atoms with Crippen LogP contribution in [0.1, 0.15) is 56.0 Å². The first-order valence-corrected chi connectivity index (χ1v) is 7.87. The number of Topliss-reactive ketones (excluding diaryl/α,β-unsaturated/α-hetero) is 1. The summed E-state index contributed by atoms with van der Waals surface area (Å²) in [6, 6.07) is -0.192. The van der Waals surface area contributed by atoms with Gasteiger partial charge in [-0.25, -0.2) is 0 Å². The third-order valence-corrected chi connectivity index (χ3v) is 4.41. The number of carbonyl (C=O) groups is 2. The van der Waals surface area contributed by atoms with E-state index in [1.54, 1.807) is 4.90 Å². The van der Waals surface area contributed by atoms with Crippen LogP contribution in [-0.4, -0.2) is 39.4 Å². The van der Waals surface area contributed by atoms with Crippen LogP contribution in [0, 0.1) is 13.8 Å². The number of rotatable bonds is 5. The molecule has 0 spiro atoms. The minimum atomic E-state index is -0.192. The standard InChI is InChI=1S/C16H25N3O2/c1-4-15(20)14-7-5-6-10-19(14)16(21)9-8-13-11(2)17-18-12(13)3/h14H,4-10H2,1-3H3,(H,17,18)/t14-/m0/s1. The molecule has 1 aliphatic heterocycles. The predicted molar refractivity (Wildman–Crippen MR) is 81.0 cm³/mol. The van der Waals surface area contributed by atoms with Crippen LogP contribution in [0.3, 0.4) is 0 Å². The molecule has 5 heteroatoms. The highest BCUT2D eigenvalue weighted by Crippen LogP contribution is 2.21. The van der Waals surface area contributed by atoms with Crippen molar-refractivity contribution in [2.75, 3.05) is 6.54 Å². The molecule has 0 saturated carbocycles. The molecule has 0 aliphatic carbocycles. The molecule has 5 nitrogen and oxygen atoms in total. The molecule has 1 amide bonds. The Balaban J connectivity index is 1.99. The highest BCUT2D eigenvalue weighted by atomic mass is 16.2. The quantitative estimate of drug-likeness (QED) is 0.905. The van der Waals surface area contributed by atoms with Crippen LogP contribution in [0.15, 0.2) is 0 Å². The van der Waals surface area contributed by atoms with Gasteiger partial charge in [-0.15, -0.1) is 0 Å². The van der Waals surface area contributed by atoms with Gasteiger partial charge in [0, 0.05) is 25.1 Å². The first kappa shape index (κ1) is 15.7. The minimum Gasteiger partial charge on any atom is -0.333 e. The normalized spacial score (nSPS) is 18.8. The molecule has 2 rings (SSSR count). The molecule has 1 fully saturated rings. The number of likely N-dealkylation sites (tertiary alicyclic amines) is 1. The summed E-state index contributed by atoms with van der Waals surface area (Å²) >= 11 is 0. The second-order valence-corrected chi connectivity index (χ2v) is 5.83. The number of piperidine rings is 1. The summed E-state index contributed by atoms with van der Waals surface area (Å²) in [7, 11) is 0. The summed E-state index contributed by atoms with van der Waals surface area (Å²) in [6.45, 7) is 6.52. The number of aryl methyl sites for hydroxylation is 2. The molecule has 0 radical (unpaired) electrons. The number of aromatic amines is 1. The minimum absolute atomic E-state index is 0.0986. The molecular weight excluding hydrogens is 266 g/mol. The number of nitrogens with zero attached hydrogens (tertiary/aromatic N) is 2. The van der Waals surface area contributed by atoms with E-state index in [9.17, 15) is 9.59 Å². The van der Waals surface area contributed by atoms with Gasteiger partial charge < -0.3 is 4.90 Å². The molecular formula is C16H25N3O2. The average Bonchev–Trinajstić information content (AvgIpc) is 2.82. The third kappa shape index (κ3) is 3.52. The summed E-state index contributed by atoms with van der Waals surface area (Å²) in [5, 5.41) is 7.11. The smallest absolute Gasteiger partial charge is 0.223 e. The molecule has 21 heavy (non-hydrogen) atoms. The molecule has 0 bridgehead atoms. The fourth-order valence-electron chi connectivity index (χ4n) is 3.12. The summed E-state index contributed by atoms with van der Waals surface area (Å²) in [4.78, 5) is 26.3. The fraction of sp³-hybridized carbons (Fsp3) is 0.688. The molecule has 2 heterocycles. The van der Waals surface area contributed by atoms with Gasteiger partial charge in [-0.05, 0) is 45.1 Å². The van der Waals surface area contributed by atoms with Crippen molar-refractivity contribution in [2.45, 2.75) is 65.3 Å². The molecule has 1 atom stereocenters. The van der Waals surface area contributed by atoms with E-state index in [1.165, 1.54) is 0 Å². The molecule has 1 N–H and O–H groups in total. The molecule has 1 aromatic heterocycles. The Morgan fingerprint density at radius 2 is 2.10 bits per heavy atom. The molecule has 0 aromatic carbocycles. The Labute approximate surface area is 126 Å². The number of hydrogen-bond donors (Lipinski definition) is 1. The van der Waals surface area contributed by atoms with Crippen LogP contribution in [-0.2, 0) is 16.0 Å². The van der Waals surface area contributed by atoms with E-state index in [1.807, 2.05) is 20.8 Å². The zero-order valence-electron chi connectivity index (χ0n) is 13.2. The van der Waals surface area contributed by atoms with Crippen molar-refractivity contribution in [3.05, 3.63) is 17.0 Å². The van der Waals surface area contributed by atoms with E-state index >= 15 is 0 Å². The lowest BCUT2D eigenvalue weighted by Crippen LogP contribution is -2.47. The second-order valence-electron chi connectivity index (χ2n) is 5.83. The van der Waals surface area contributed by atoms with Gasteiger partial charge in [0.25, 0.3) is 0 Å². The van der Waals surface area contributed by atoms with Crippen LogP contribution in [0.5, 0.6) is 0 Å². The van der Waals surface area contributed by atoms with E-state index < -0.39 is 0 Å². The SMILES string of the molecule is CCC(=O)[C@@H]1CCCCN1C(=O)CCc1c(C)n[nH]c1C. The van der Waals surface area contributed by atoms with Gasteiger partial charge in [-0.1, -0.05) is 6.92 Å². The highest BCUT2D eigenvalue weighted by molar-refractivity contribution is 5.89. The summed E-state index contributed by atoms with van der Waals surface area (Å²) < 4.78 is 0. The molecule has 1 saturated heterocycles. The lowest BCUT2D eigenvalue weighted by atomic mass is 9.96. The van der Waals surface area contributed by atoms with Crippen LogP contribution in [0.4, 0.5) is 0 Å². The van der Waals surface area contributed by atoms with Crippen LogP contribution in [0.2, 0.25) is 0 Å². The molecule has 1 aromatic rings. The third-order valence-electron chi connectivity index (χ3n) is 4.41. The zero-order valence-corrected chi connectivity index (χ0v) is 13.2. The van der Waals surface area contributed by atoms with Crippen LogP contribution < -0.4 is 0 Å². The van der Waals surface area contributed by atoms with Gasteiger partial charge in [0.2, 0.25) is 5.91 Å². The van der Waals surface area contributed by atoms with Gasteiger partial charge in [0.15, 0.2) is 5.78 Å².